The average molecular weight is 443 g/mol. The third-order valence-electron chi connectivity index (χ3n) is 4.86. The minimum Gasteiger partial charge on any atom is -0.354 e. The van der Waals surface area contributed by atoms with E-state index < -0.39 is 0 Å². The summed E-state index contributed by atoms with van der Waals surface area (Å²) in [6, 6.07) is 13.1. The number of para-hydroxylation sites is 2. The predicted octanol–water partition coefficient (Wildman–Crippen LogP) is 3.98. The largest absolute Gasteiger partial charge is 0.354 e. The molecule has 0 aliphatic rings. The minimum atomic E-state index is -0.125. The van der Waals surface area contributed by atoms with Gasteiger partial charge in [-0.1, -0.05) is 41.4 Å². The number of carbonyl (C=O) groups is 1. The lowest BCUT2D eigenvalue weighted by atomic mass is 10.2. The summed E-state index contributed by atoms with van der Waals surface area (Å²) < 4.78 is 3.81. The van der Waals surface area contributed by atoms with Gasteiger partial charge in [0.1, 0.15) is 24.5 Å². The molecule has 0 atom stereocenters. The van der Waals surface area contributed by atoms with Crippen molar-refractivity contribution in [3.05, 3.63) is 64.7 Å². The quantitative estimate of drug-likeness (QED) is 0.469. The molecule has 0 saturated heterocycles. The van der Waals surface area contributed by atoms with E-state index in [1.165, 1.54) is 0 Å². The van der Waals surface area contributed by atoms with E-state index in [9.17, 15) is 4.79 Å². The van der Waals surface area contributed by atoms with E-state index >= 15 is 0 Å². The van der Waals surface area contributed by atoms with Gasteiger partial charge in [-0.15, -0.1) is 10.2 Å². The molecule has 0 spiro atoms. The van der Waals surface area contributed by atoms with Crippen molar-refractivity contribution in [1.82, 2.24) is 29.6 Å². The second-order valence-electron chi connectivity index (χ2n) is 6.74. The summed E-state index contributed by atoms with van der Waals surface area (Å²) >= 11 is 12.6. The SMILES string of the molecule is CCn1cnnc1CCNC(=O)Cn1c(-c2cccc(Cl)c2Cl)nc2ccccc21. The zero-order chi connectivity index (χ0) is 21.1. The molecule has 0 bridgehead atoms. The number of imidazole rings is 1. The highest BCUT2D eigenvalue weighted by atomic mass is 35.5. The Morgan fingerprint density at radius 3 is 2.80 bits per heavy atom. The summed E-state index contributed by atoms with van der Waals surface area (Å²) in [6.45, 7) is 3.40. The van der Waals surface area contributed by atoms with Crippen LogP contribution in [0.3, 0.4) is 0 Å². The van der Waals surface area contributed by atoms with E-state index in [0.29, 0.717) is 34.4 Å². The van der Waals surface area contributed by atoms with Gasteiger partial charge in [0, 0.05) is 25.1 Å². The Hall–Kier alpha value is -2.90. The van der Waals surface area contributed by atoms with Crippen LogP contribution >= 0.6 is 23.2 Å². The van der Waals surface area contributed by atoms with E-state index in [4.69, 9.17) is 28.2 Å². The number of aryl methyl sites for hydroxylation is 1. The Kier molecular flexibility index (Phi) is 6.01. The molecule has 2 aromatic carbocycles. The Morgan fingerprint density at radius 2 is 1.97 bits per heavy atom. The molecule has 0 radical (unpaired) electrons. The van der Waals surface area contributed by atoms with Crippen molar-refractivity contribution >= 4 is 40.1 Å². The first-order valence-corrected chi connectivity index (χ1v) is 10.4. The van der Waals surface area contributed by atoms with Crippen molar-refractivity contribution in [2.24, 2.45) is 0 Å². The van der Waals surface area contributed by atoms with Crippen molar-refractivity contribution in [2.45, 2.75) is 26.4 Å². The maximum atomic E-state index is 12.7. The van der Waals surface area contributed by atoms with Gasteiger partial charge in [0.05, 0.1) is 21.1 Å². The molecule has 2 aromatic heterocycles. The molecule has 7 nitrogen and oxygen atoms in total. The monoisotopic (exact) mass is 442 g/mol. The molecule has 2 heterocycles. The van der Waals surface area contributed by atoms with Crippen LogP contribution in [0.2, 0.25) is 10.0 Å². The lowest BCUT2D eigenvalue weighted by Gasteiger charge is -2.11. The number of carbonyl (C=O) groups excluding carboxylic acids is 1. The van der Waals surface area contributed by atoms with E-state index in [-0.39, 0.29) is 12.5 Å². The molecule has 0 unspecified atom stereocenters. The second kappa shape index (κ2) is 8.85. The molecule has 0 aliphatic carbocycles. The highest BCUT2D eigenvalue weighted by Gasteiger charge is 2.18. The van der Waals surface area contributed by atoms with Crippen LogP contribution in [0.25, 0.3) is 22.4 Å². The minimum absolute atomic E-state index is 0.110. The molecule has 9 heteroatoms. The molecule has 0 aliphatic heterocycles. The van der Waals surface area contributed by atoms with Gasteiger partial charge in [-0.3, -0.25) is 4.79 Å². The zero-order valence-electron chi connectivity index (χ0n) is 16.3. The maximum Gasteiger partial charge on any atom is 0.240 e. The molecular weight excluding hydrogens is 423 g/mol. The predicted molar refractivity (Wildman–Crippen MR) is 118 cm³/mol. The van der Waals surface area contributed by atoms with Gasteiger partial charge in [-0.05, 0) is 31.2 Å². The van der Waals surface area contributed by atoms with Crippen LogP contribution in [0.1, 0.15) is 12.7 Å². The third-order valence-corrected chi connectivity index (χ3v) is 5.67. The zero-order valence-corrected chi connectivity index (χ0v) is 17.9. The number of fused-ring (bicyclic) bond motifs is 1. The van der Waals surface area contributed by atoms with Crippen LogP contribution < -0.4 is 5.32 Å². The van der Waals surface area contributed by atoms with Crippen LogP contribution in [-0.2, 0) is 24.3 Å². The smallest absolute Gasteiger partial charge is 0.240 e. The first-order valence-electron chi connectivity index (χ1n) is 9.61. The molecule has 0 saturated carbocycles. The van der Waals surface area contributed by atoms with E-state index in [2.05, 4.69) is 15.5 Å². The Balaban J connectivity index is 1.57. The number of amides is 1. The first kappa shape index (κ1) is 20.4. The number of benzene rings is 2. The van der Waals surface area contributed by atoms with Crippen molar-refractivity contribution in [3.63, 3.8) is 0 Å². The molecule has 1 N–H and O–H groups in total. The van der Waals surface area contributed by atoms with Crippen molar-refractivity contribution in [3.8, 4) is 11.4 Å². The highest BCUT2D eigenvalue weighted by Crippen LogP contribution is 2.34. The summed E-state index contributed by atoms with van der Waals surface area (Å²) in [6.07, 6.45) is 2.30. The van der Waals surface area contributed by atoms with E-state index in [1.54, 1.807) is 12.4 Å². The van der Waals surface area contributed by atoms with Gasteiger partial charge in [-0.2, -0.15) is 0 Å². The van der Waals surface area contributed by atoms with E-state index in [0.717, 1.165) is 23.4 Å². The van der Waals surface area contributed by atoms with Gasteiger partial charge in [0.15, 0.2) is 0 Å². The summed E-state index contributed by atoms with van der Waals surface area (Å²) in [7, 11) is 0. The molecular formula is C21H20Cl2N6O. The molecule has 0 fully saturated rings. The lowest BCUT2D eigenvalue weighted by molar-refractivity contribution is -0.121. The summed E-state index contributed by atoms with van der Waals surface area (Å²) in [4.78, 5) is 17.4. The van der Waals surface area contributed by atoms with Crippen molar-refractivity contribution in [1.29, 1.82) is 0 Å². The molecule has 30 heavy (non-hydrogen) atoms. The van der Waals surface area contributed by atoms with Gasteiger partial charge >= 0.3 is 0 Å². The fourth-order valence-corrected chi connectivity index (χ4v) is 3.75. The Bertz CT molecular complexity index is 1200. The topological polar surface area (TPSA) is 77.6 Å². The maximum absolute atomic E-state index is 12.7. The van der Waals surface area contributed by atoms with Crippen LogP contribution in [0.4, 0.5) is 0 Å². The third kappa shape index (κ3) is 4.04. The molecule has 4 aromatic rings. The van der Waals surface area contributed by atoms with Gasteiger partial charge < -0.3 is 14.5 Å². The summed E-state index contributed by atoms with van der Waals surface area (Å²) in [5, 5.41) is 11.8. The highest BCUT2D eigenvalue weighted by molar-refractivity contribution is 6.43. The van der Waals surface area contributed by atoms with Gasteiger partial charge in [0.25, 0.3) is 0 Å². The van der Waals surface area contributed by atoms with Crippen LogP contribution in [-0.4, -0.2) is 36.8 Å². The van der Waals surface area contributed by atoms with Crippen molar-refractivity contribution < 1.29 is 4.79 Å². The average Bonchev–Trinajstić information content (AvgIpc) is 3.35. The fraction of sp³-hybridized carbons (Fsp3) is 0.238. The Morgan fingerprint density at radius 1 is 1.13 bits per heavy atom. The lowest BCUT2D eigenvalue weighted by Crippen LogP contribution is -2.30. The van der Waals surface area contributed by atoms with Gasteiger partial charge in [0.2, 0.25) is 5.91 Å². The Labute approximate surface area is 183 Å². The number of halogens is 2. The molecule has 1 amide bonds. The normalized spacial score (nSPS) is 11.2. The molecule has 4 rings (SSSR count). The standard InChI is InChI=1S/C21H20Cl2N6O/c1-2-28-13-25-27-18(28)10-11-24-19(30)12-29-17-9-4-3-8-16(17)26-21(29)14-6-5-7-15(22)20(14)23/h3-9,13H,2,10-12H2,1H3,(H,24,30). The van der Waals surface area contributed by atoms with Gasteiger partial charge in [-0.25, -0.2) is 4.98 Å². The van der Waals surface area contributed by atoms with Crippen LogP contribution in [0.5, 0.6) is 0 Å². The number of rotatable bonds is 7. The summed E-state index contributed by atoms with van der Waals surface area (Å²) in [5.74, 6) is 1.32. The van der Waals surface area contributed by atoms with E-state index in [1.807, 2.05) is 52.5 Å². The van der Waals surface area contributed by atoms with Crippen LogP contribution in [0.15, 0.2) is 48.8 Å². The second-order valence-corrected chi connectivity index (χ2v) is 7.53. The summed E-state index contributed by atoms with van der Waals surface area (Å²) in [5.41, 5.74) is 2.32. The molecule has 154 valence electrons. The number of aromatic nitrogens is 5. The number of hydrogen-bond acceptors (Lipinski definition) is 4. The number of nitrogens with zero attached hydrogens (tertiary/aromatic N) is 5. The number of nitrogens with one attached hydrogen (secondary N) is 1. The van der Waals surface area contributed by atoms with Crippen LogP contribution in [0, 0.1) is 0 Å². The number of hydrogen-bond donors (Lipinski definition) is 1. The fourth-order valence-electron chi connectivity index (χ4n) is 3.37. The van der Waals surface area contributed by atoms with Crippen molar-refractivity contribution in [2.75, 3.05) is 6.54 Å². The first-order chi connectivity index (χ1) is 14.6.